The molecule has 1 aliphatic carbocycles. The normalized spacial score (nSPS) is 19.6. The first-order chi connectivity index (χ1) is 15.6. The van der Waals surface area contributed by atoms with Crippen molar-refractivity contribution in [3.63, 3.8) is 0 Å². The number of Topliss-reactive ketones (excluding diaryl/α,β-unsaturated/α-hetero) is 1. The van der Waals surface area contributed by atoms with Gasteiger partial charge in [0, 0.05) is 5.92 Å². The van der Waals surface area contributed by atoms with E-state index in [9.17, 15) is 19.6 Å². The molecule has 4 atom stereocenters. The number of nitrogens with one attached hydrogen (secondary N) is 2. The van der Waals surface area contributed by atoms with E-state index in [1.807, 2.05) is 49.4 Å². The molecule has 1 fully saturated rings. The molecule has 1 unspecified atom stereocenters. The summed E-state index contributed by atoms with van der Waals surface area (Å²) in [6.45, 7) is 4.99. The number of carbonyl (C=O) groups is 3. The van der Waals surface area contributed by atoms with Gasteiger partial charge in [-0.15, -0.1) is 0 Å². The highest BCUT2D eigenvalue weighted by molar-refractivity contribution is 6.07. The summed E-state index contributed by atoms with van der Waals surface area (Å²) in [6.07, 6.45) is 8.04. The number of hydrazine groups is 1. The van der Waals surface area contributed by atoms with Gasteiger partial charge in [0.05, 0.1) is 6.04 Å². The summed E-state index contributed by atoms with van der Waals surface area (Å²) in [6, 6.07) is 8.81. The molecule has 0 heterocycles. The van der Waals surface area contributed by atoms with Gasteiger partial charge < -0.3 is 5.73 Å². The van der Waals surface area contributed by atoms with Crippen molar-refractivity contribution in [2.45, 2.75) is 65.3 Å². The van der Waals surface area contributed by atoms with Crippen molar-refractivity contribution in [1.82, 2.24) is 10.9 Å². The predicted octanol–water partition coefficient (Wildman–Crippen LogP) is 2.71. The Kier molecular flexibility index (Phi) is 9.34. The fraction of sp³-hybridized carbons (Fsp3) is 0.560. The lowest BCUT2D eigenvalue weighted by Crippen LogP contribution is -2.55. The van der Waals surface area contributed by atoms with Crippen molar-refractivity contribution in [3.05, 3.63) is 42.0 Å². The number of hydrogen-bond acceptors (Lipinski definition) is 6. The smallest absolute Gasteiger partial charge is 0.247 e. The van der Waals surface area contributed by atoms with E-state index in [0.717, 1.165) is 24.8 Å². The van der Waals surface area contributed by atoms with Crippen LogP contribution in [0.15, 0.2) is 36.4 Å². The number of rotatable bonds is 12. The van der Waals surface area contributed by atoms with E-state index in [4.69, 9.17) is 11.6 Å². The van der Waals surface area contributed by atoms with Crippen LogP contribution in [-0.2, 0) is 14.4 Å². The van der Waals surface area contributed by atoms with E-state index in [1.165, 1.54) is 13.8 Å². The quantitative estimate of drug-likeness (QED) is 0.107. The molecule has 1 aliphatic rings. The number of hydroxylamine groups is 1. The maximum Gasteiger partial charge on any atom is 0.247 e. The first kappa shape index (κ1) is 26.7. The molecule has 1 aromatic carbocycles. The Labute approximate surface area is 196 Å². The fourth-order valence-corrected chi connectivity index (χ4v) is 5.13. The molecule has 0 spiro atoms. The Hall–Kier alpha value is -2.55. The van der Waals surface area contributed by atoms with Crippen LogP contribution in [0.2, 0.25) is 0 Å². The lowest BCUT2D eigenvalue weighted by molar-refractivity contribution is -0.149. The van der Waals surface area contributed by atoms with E-state index in [2.05, 4.69) is 5.43 Å². The molecule has 0 aromatic heterocycles. The Morgan fingerprint density at radius 1 is 1.21 bits per heavy atom. The van der Waals surface area contributed by atoms with Crippen molar-refractivity contribution in [2.24, 2.45) is 34.2 Å². The van der Waals surface area contributed by atoms with Crippen molar-refractivity contribution in [3.8, 4) is 0 Å². The third-order valence-corrected chi connectivity index (χ3v) is 7.08. The van der Waals surface area contributed by atoms with Gasteiger partial charge in [0.2, 0.25) is 11.8 Å². The van der Waals surface area contributed by atoms with Crippen LogP contribution in [-0.4, -0.2) is 28.8 Å². The monoisotopic (exact) mass is 458 g/mol. The highest BCUT2D eigenvalue weighted by Crippen LogP contribution is 2.49. The zero-order valence-corrected chi connectivity index (χ0v) is 19.8. The summed E-state index contributed by atoms with van der Waals surface area (Å²) in [5, 5.41) is 9.53. The number of nitrogens with two attached hydrogens (primary N) is 2. The Balaban J connectivity index is 2.44. The van der Waals surface area contributed by atoms with E-state index in [-0.39, 0.29) is 6.42 Å². The van der Waals surface area contributed by atoms with Gasteiger partial charge in [-0.05, 0) is 50.0 Å². The van der Waals surface area contributed by atoms with Gasteiger partial charge in [-0.25, -0.2) is 11.3 Å². The van der Waals surface area contributed by atoms with Crippen LogP contribution >= 0.6 is 0 Å². The number of allylic oxidation sites excluding steroid dienone is 1. The number of ketones is 1. The molecule has 0 saturated heterocycles. The van der Waals surface area contributed by atoms with Crippen molar-refractivity contribution in [2.75, 3.05) is 0 Å². The molecule has 182 valence electrons. The van der Waals surface area contributed by atoms with Crippen molar-refractivity contribution < 1.29 is 19.6 Å². The number of carbonyl (C=O) groups excluding carboxylic acids is 3. The summed E-state index contributed by atoms with van der Waals surface area (Å²) in [4.78, 5) is 38.8. The van der Waals surface area contributed by atoms with E-state index < -0.39 is 40.4 Å². The maximum absolute atomic E-state index is 13.1. The first-order valence-electron chi connectivity index (χ1n) is 11.5. The van der Waals surface area contributed by atoms with Gasteiger partial charge in [-0.1, -0.05) is 68.7 Å². The Morgan fingerprint density at radius 3 is 2.33 bits per heavy atom. The second-order valence-electron chi connectivity index (χ2n) is 9.87. The second-order valence-corrected chi connectivity index (χ2v) is 9.87. The topological polar surface area (TPSA) is 148 Å². The maximum atomic E-state index is 13.1. The predicted molar refractivity (Wildman–Crippen MR) is 127 cm³/mol. The zero-order chi connectivity index (χ0) is 24.6. The summed E-state index contributed by atoms with van der Waals surface area (Å²) < 4.78 is 0. The molecule has 1 aromatic rings. The van der Waals surface area contributed by atoms with E-state index >= 15 is 0 Å². The highest BCUT2D eigenvalue weighted by Gasteiger charge is 2.51. The zero-order valence-electron chi connectivity index (χ0n) is 19.8. The van der Waals surface area contributed by atoms with Gasteiger partial charge in [-0.2, -0.15) is 0 Å². The Morgan fingerprint density at radius 2 is 1.85 bits per heavy atom. The van der Waals surface area contributed by atoms with Crippen LogP contribution < -0.4 is 22.5 Å². The minimum absolute atomic E-state index is 0.0805. The fourth-order valence-electron chi connectivity index (χ4n) is 5.13. The second kappa shape index (κ2) is 11.5. The van der Waals surface area contributed by atoms with Gasteiger partial charge in [0.1, 0.15) is 5.41 Å². The summed E-state index contributed by atoms with van der Waals surface area (Å²) >= 11 is 0. The number of amides is 2. The molecular weight excluding hydrogens is 420 g/mol. The molecular formula is C25H38N4O4. The molecule has 1 saturated carbocycles. The molecule has 2 amide bonds. The first-order valence-corrected chi connectivity index (χ1v) is 11.5. The summed E-state index contributed by atoms with van der Waals surface area (Å²) in [5.74, 6) is 3.54. The lowest BCUT2D eigenvalue weighted by Gasteiger charge is -2.45. The van der Waals surface area contributed by atoms with Crippen molar-refractivity contribution >= 4 is 23.7 Å². The van der Waals surface area contributed by atoms with Crippen LogP contribution in [0, 0.1) is 22.7 Å². The van der Waals surface area contributed by atoms with Gasteiger partial charge in [0.15, 0.2) is 5.78 Å². The third kappa shape index (κ3) is 6.50. The van der Waals surface area contributed by atoms with Crippen LogP contribution in [0.3, 0.4) is 0 Å². The Bertz CT molecular complexity index is 853. The third-order valence-electron chi connectivity index (χ3n) is 7.08. The lowest BCUT2D eigenvalue weighted by atomic mass is 9.58. The average Bonchev–Trinajstić information content (AvgIpc) is 2.78. The van der Waals surface area contributed by atoms with Crippen LogP contribution in [0.5, 0.6) is 0 Å². The average molecular weight is 459 g/mol. The largest absolute Gasteiger partial charge is 0.322 e. The number of benzene rings is 1. The van der Waals surface area contributed by atoms with Crippen LogP contribution in [0.4, 0.5) is 0 Å². The molecule has 7 N–H and O–H groups in total. The SMILES string of the molecule is C[C@@H](N)C(=O)C(C)(C[C@@](C)(CC1CCC1)[C@H](C/C=C/c1ccccc1)C(=O)NO)C(=O)NN. The summed E-state index contributed by atoms with van der Waals surface area (Å²) in [5.41, 5.74) is 8.49. The molecule has 0 aliphatic heterocycles. The van der Waals surface area contributed by atoms with Gasteiger partial charge >= 0.3 is 0 Å². The molecule has 2 rings (SSSR count). The molecule has 33 heavy (non-hydrogen) atoms. The van der Waals surface area contributed by atoms with Crippen LogP contribution in [0.1, 0.15) is 64.9 Å². The molecule has 0 bridgehead atoms. The minimum Gasteiger partial charge on any atom is -0.322 e. The molecule has 8 heteroatoms. The minimum atomic E-state index is -1.52. The number of hydrogen-bond donors (Lipinski definition) is 5. The van der Waals surface area contributed by atoms with E-state index in [1.54, 1.807) is 5.48 Å². The standard InChI is InChI=1S/C25H38N4O4/c1-17(26)21(30)25(3,23(32)28-27)16-24(2,15-19-12-7-13-19)20(22(31)29-33)14-8-11-18-9-5-4-6-10-18/h4-6,8-11,17,19-20,33H,7,12-16,26-27H2,1-3H3,(H,28,32)(H,29,31)/b11-8+/t17-,20-,24-,25?/m1/s1. The summed E-state index contributed by atoms with van der Waals surface area (Å²) in [7, 11) is 0. The van der Waals surface area contributed by atoms with E-state index in [0.29, 0.717) is 18.8 Å². The molecule has 0 radical (unpaired) electrons. The highest BCUT2D eigenvalue weighted by atomic mass is 16.5. The van der Waals surface area contributed by atoms with Crippen molar-refractivity contribution in [1.29, 1.82) is 0 Å². The van der Waals surface area contributed by atoms with Gasteiger partial charge in [0.25, 0.3) is 0 Å². The van der Waals surface area contributed by atoms with Gasteiger partial charge in [-0.3, -0.25) is 25.0 Å². The molecule has 8 nitrogen and oxygen atoms in total. The van der Waals surface area contributed by atoms with Crippen LogP contribution in [0.25, 0.3) is 6.08 Å².